The van der Waals surface area contributed by atoms with E-state index in [1.54, 1.807) is 0 Å². The zero-order valence-corrected chi connectivity index (χ0v) is 9.46. The van der Waals surface area contributed by atoms with Crippen molar-refractivity contribution in [3.8, 4) is 0 Å². The van der Waals surface area contributed by atoms with Crippen molar-refractivity contribution in [2.75, 3.05) is 0 Å². The van der Waals surface area contributed by atoms with E-state index in [1.165, 1.54) is 0 Å². The van der Waals surface area contributed by atoms with Crippen LogP contribution >= 0.6 is 0 Å². The fourth-order valence-electron chi connectivity index (χ4n) is 1.95. The highest BCUT2D eigenvalue weighted by molar-refractivity contribution is 4.88. The van der Waals surface area contributed by atoms with Crippen molar-refractivity contribution in [1.82, 2.24) is 0 Å². The maximum atomic E-state index is 6.01. The zero-order chi connectivity index (χ0) is 10.1. The molecule has 2 heteroatoms. The summed E-state index contributed by atoms with van der Waals surface area (Å²) in [6.07, 6.45) is 2.86. The first kappa shape index (κ1) is 11.0. The van der Waals surface area contributed by atoms with Crippen LogP contribution in [0.4, 0.5) is 0 Å². The van der Waals surface area contributed by atoms with E-state index in [-0.39, 0.29) is 23.9 Å². The van der Waals surface area contributed by atoms with E-state index in [2.05, 4.69) is 34.6 Å². The van der Waals surface area contributed by atoms with E-state index < -0.39 is 0 Å². The lowest BCUT2D eigenvalue weighted by atomic mass is 9.92. The molecular formula is C11H22O2. The first-order valence-electron chi connectivity index (χ1n) is 5.33. The summed E-state index contributed by atoms with van der Waals surface area (Å²) in [5.41, 5.74) is -0.0827. The average Bonchev–Trinajstić information content (AvgIpc) is 2.02. The minimum atomic E-state index is -0.0827. The Kier molecular flexibility index (Phi) is 3.36. The molecular weight excluding hydrogens is 164 g/mol. The van der Waals surface area contributed by atoms with Crippen LogP contribution in [-0.4, -0.2) is 23.9 Å². The summed E-state index contributed by atoms with van der Waals surface area (Å²) >= 11 is 0. The largest absolute Gasteiger partial charge is 0.370 e. The van der Waals surface area contributed by atoms with Gasteiger partial charge < -0.3 is 9.47 Å². The molecule has 1 fully saturated rings. The normalized spacial score (nSPS) is 46.4. The molecule has 1 aliphatic heterocycles. The number of hydrogen-bond acceptors (Lipinski definition) is 2. The van der Waals surface area contributed by atoms with Gasteiger partial charge >= 0.3 is 0 Å². The molecule has 4 atom stereocenters. The van der Waals surface area contributed by atoms with E-state index in [0.717, 1.165) is 12.8 Å². The monoisotopic (exact) mass is 186 g/mol. The molecule has 1 rings (SSSR count). The van der Waals surface area contributed by atoms with E-state index in [1.807, 2.05) is 0 Å². The fourth-order valence-corrected chi connectivity index (χ4v) is 1.95. The van der Waals surface area contributed by atoms with Crippen molar-refractivity contribution in [2.24, 2.45) is 0 Å². The summed E-state index contributed by atoms with van der Waals surface area (Å²) in [5, 5.41) is 0. The Hall–Kier alpha value is -0.0800. The van der Waals surface area contributed by atoms with E-state index in [9.17, 15) is 0 Å². The third-order valence-corrected chi connectivity index (χ3v) is 3.14. The SMILES string of the molecule is CCCC1(C)OC(C)C(C)OC1C. The fraction of sp³-hybridized carbons (Fsp3) is 1.00. The molecule has 0 aromatic rings. The Morgan fingerprint density at radius 3 is 2.31 bits per heavy atom. The van der Waals surface area contributed by atoms with Gasteiger partial charge in [-0.25, -0.2) is 0 Å². The van der Waals surface area contributed by atoms with Crippen molar-refractivity contribution in [3.63, 3.8) is 0 Å². The summed E-state index contributed by atoms with van der Waals surface area (Å²) in [5.74, 6) is 0. The predicted octanol–water partition coefficient (Wildman–Crippen LogP) is 2.76. The molecule has 0 aromatic heterocycles. The van der Waals surface area contributed by atoms with Crippen LogP contribution in [0.2, 0.25) is 0 Å². The molecule has 1 heterocycles. The summed E-state index contributed by atoms with van der Waals surface area (Å²) in [6, 6.07) is 0. The number of hydrogen-bond donors (Lipinski definition) is 0. The number of rotatable bonds is 2. The molecule has 78 valence electrons. The topological polar surface area (TPSA) is 18.5 Å². The minimum absolute atomic E-state index is 0.0827. The summed E-state index contributed by atoms with van der Waals surface area (Å²) in [7, 11) is 0. The lowest BCUT2D eigenvalue weighted by Crippen LogP contribution is -2.53. The Morgan fingerprint density at radius 1 is 1.15 bits per heavy atom. The van der Waals surface area contributed by atoms with Crippen LogP contribution in [0.3, 0.4) is 0 Å². The summed E-state index contributed by atoms with van der Waals surface area (Å²) in [4.78, 5) is 0. The van der Waals surface area contributed by atoms with Gasteiger partial charge in [0, 0.05) is 0 Å². The first-order valence-corrected chi connectivity index (χ1v) is 5.33. The molecule has 1 saturated heterocycles. The van der Waals surface area contributed by atoms with Crippen molar-refractivity contribution in [2.45, 2.75) is 71.4 Å². The molecule has 0 amide bonds. The molecule has 0 N–H and O–H groups in total. The van der Waals surface area contributed by atoms with Crippen LogP contribution in [0, 0.1) is 0 Å². The third kappa shape index (κ3) is 2.23. The second kappa shape index (κ2) is 3.97. The molecule has 1 aliphatic rings. The minimum Gasteiger partial charge on any atom is -0.370 e. The van der Waals surface area contributed by atoms with Gasteiger partial charge in [0.25, 0.3) is 0 Å². The maximum absolute atomic E-state index is 6.01. The Labute approximate surface area is 81.6 Å². The molecule has 2 nitrogen and oxygen atoms in total. The van der Waals surface area contributed by atoms with Gasteiger partial charge in [0.05, 0.1) is 23.9 Å². The highest BCUT2D eigenvalue weighted by Crippen LogP contribution is 2.32. The average molecular weight is 186 g/mol. The lowest BCUT2D eigenvalue weighted by Gasteiger charge is -2.45. The first-order chi connectivity index (χ1) is 5.99. The van der Waals surface area contributed by atoms with Crippen LogP contribution in [0.25, 0.3) is 0 Å². The van der Waals surface area contributed by atoms with E-state index in [4.69, 9.17) is 9.47 Å². The van der Waals surface area contributed by atoms with Crippen molar-refractivity contribution >= 4 is 0 Å². The Bertz CT molecular complexity index is 169. The number of ether oxygens (including phenoxy) is 2. The second-order valence-electron chi connectivity index (χ2n) is 4.37. The standard InChI is InChI=1S/C11H22O2/c1-6-7-11(5)10(4)12-8(2)9(3)13-11/h8-10H,6-7H2,1-5H3. The molecule has 0 radical (unpaired) electrons. The van der Waals surface area contributed by atoms with Gasteiger partial charge in [-0.2, -0.15) is 0 Å². The maximum Gasteiger partial charge on any atom is 0.0917 e. The van der Waals surface area contributed by atoms with Crippen molar-refractivity contribution < 1.29 is 9.47 Å². The second-order valence-corrected chi connectivity index (χ2v) is 4.37. The molecule has 4 unspecified atom stereocenters. The van der Waals surface area contributed by atoms with Gasteiger partial charge in [-0.1, -0.05) is 13.3 Å². The molecule has 0 saturated carbocycles. The summed E-state index contributed by atoms with van der Waals surface area (Å²) in [6.45, 7) is 10.6. The van der Waals surface area contributed by atoms with Gasteiger partial charge in [-0.05, 0) is 34.1 Å². The lowest BCUT2D eigenvalue weighted by molar-refractivity contribution is -0.251. The third-order valence-electron chi connectivity index (χ3n) is 3.14. The summed E-state index contributed by atoms with van der Waals surface area (Å²) < 4.78 is 11.9. The van der Waals surface area contributed by atoms with Crippen molar-refractivity contribution in [3.05, 3.63) is 0 Å². The zero-order valence-electron chi connectivity index (χ0n) is 9.46. The predicted molar refractivity (Wildman–Crippen MR) is 53.9 cm³/mol. The van der Waals surface area contributed by atoms with Crippen LogP contribution in [0.15, 0.2) is 0 Å². The Balaban J connectivity index is 2.64. The quantitative estimate of drug-likeness (QED) is 0.660. The van der Waals surface area contributed by atoms with Crippen LogP contribution in [0.1, 0.15) is 47.5 Å². The van der Waals surface area contributed by atoms with E-state index in [0.29, 0.717) is 0 Å². The molecule has 0 aromatic carbocycles. The highest BCUT2D eigenvalue weighted by Gasteiger charge is 2.40. The van der Waals surface area contributed by atoms with Gasteiger partial charge in [0.1, 0.15) is 0 Å². The van der Waals surface area contributed by atoms with Crippen LogP contribution in [-0.2, 0) is 9.47 Å². The van der Waals surface area contributed by atoms with Gasteiger partial charge in [-0.15, -0.1) is 0 Å². The van der Waals surface area contributed by atoms with Crippen molar-refractivity contribution in [1.29, 1.82) is 0 Å². The molecule has 13 heavy (non-hydrogen) atoms. The highest BCUT2D eigenvalue weighted by atomic mass is 16.6. The van der Waals surface area contributed by atoms with Crippen LogP contribution in [0.5, 0.6) is 0 Å². The Morgan fingerprint density at radius 2 is 1.77 bits per heavy atom. The van der Waals surface area contributed by atoms with Crippen LogP contribution < -0.4 is 0 Å². The van der Waals surface area contributed by atoms with Gasteiger partial charge in [0.15, 0.2) is 0 Å². The molecule has 0 spiro atoms. The smallest absolute Gasteiger partial charge is 0.0917 e. The van der Waals surface area contributed by atoms with E-state index >= 15 is 0 Å². The van der Waals surface area contributed by atoms with Gasteiger partial charge in [-0.3, -0.25) is 0 Å². The molecule has 0 bridgehead atoms. The van der Waals surface area contributed by atoms with Gasteiger partial charge in [0.2, 0.25) is 0 Å². The molecule has 0 aliphatic carbocycles.